The fourth-order valence-corrected chi connectivity index (χ4v) is 26.4. The largest absolute Gasteiger partial charge is 0.490 e. The molecule has 30 heteroatoms. The monoisotopic (exact) mass is 1880 g/mol. The quantitative estimate of drug-likeness (QED) is 0.0844. The fraction of sp³-hybridized carbons (Fsp3) is 0.545. The Balaban J connectivity index is 0.000000142. The van der Waals surface area contributed by atoms with Gasteiger partial charge < -0.3 is 58.4 Å². The Morgan fingerprint density at radius 1 is 0.395 bits per heavy atom. The van der Waals surface area contributed by atoms with E-state index in [4.69, 9.17) is 63.2 Å². The number of nitrogens with one attached hydrogen (secondary N) is 3. The molecular formula is C99H123Cl3N6O18S3. The summed E-state index contributed by atoms with van der Waals surface area (Å²) in [5.41, 5.74) is 9.99. The van der Waals surface area contributed by atoms with Crippen molar-refractivity contribution in [3.05, 3.63) is 211 Å². The predicted molar refractivity (Wildman–Crippen MR) is 502 cm³/mol. The van der Waals surface area contributed by atoms with Crippen LogP contribution in [0.2, 0.25) is 15.1 Å². The number of sulfonamides is 3. The molecule has 0 aromatic heterocycles. The molecule has 6 aromatic carbocycles. The zero-order valence-electron chi connectivity index (χ0n) is 74.4. The number of aliphatic hydroxyl groups is 3. The maximum absolute atomic E-state index is 13.4. The zero-order chi connectivity index (χ0) is 91.1. The van der Waals surface area contributed by atoms with Crippen LogP contribution in [0.1, 0.15) is 182 Å². The van der Waals surface area contributed by atoms with Crippen molar-refractivity contribution in [3.63, 3.8) is 0 Å². The number of carbonyl (C=O) groups excluding carboxylic acids is 3. The molecule has 18 atom stereocenters. The molecule has 3 fully saturated rings. The Hall–Kier alpha value is -7.77. The first-order valence-electron chi connectivity index (χ1n) is 45.9. The van der Waals surface area contributed by atoms with Gasteiger partial charge in [-0.15, -0.1) is 0 Å². The third-order valence-electron chi connectivity index (χ3n) is 30.4. The standard InChI is InChI=1S/3C33H41ClN2O6S/c3*1-21-14-22(18-37)5-11-30(41-2)27-9-6-25(27)17-36-19-33(13-3-4-23-15-26(34)8-10-28(23)33)20-42-31-12-7-24(16-29(31)36)32(38)35-43(21,39)40/h3*5,7-8,10-12,15-16,21-22,25,27,30,37H,3-4,6,9,13-14,17-20H2,1-2H3,(H,35,38)/b3*11-5+/t21-,22+,25+,27-,30+,33+;21-,22-,25+,27-,30+,33+;21-,22-,25-,27+,30-,33-/m110/s1. The van der Waals surface area contributed by atoms with Gasteiger partial charge in [-0.05, 0) is 296 Å². The lowest BCUT2D eigenvalue weighted by atomic mass is 9.68. The molecule has 6 aliphatic heterocycles. The van der Waals surface area contributed by atoms with Gasteiger partial charge in [-0.25, -0.2) is 39.4 Å². The number of aryl methyl sites for hydroxylation is 3. The molecular weight excluding hydrogens is 1760 g/mol. The summed E-state index contributed by atoms with van der Waals surface area (Å²) < 4.78 is 123. The number of halogens is 3. The van der Waals surface area contributed by atoms with Gasteiger partial charge >= 0.3 is 0 Å². The van der Waals surface area contributed by atoms with E-state index in [2.05, 4.69) is 65.3 Å². The molecule has 696 valence electrons. The molecule has 6 N–H and O–H groups in total. The van der Waals surface area contributed by atoms with E-state index in [1.54, 1.807) is 96.7 Å². The number of amides is 3. The van der Waals surface area contributed by atoms with Crippen LogP contribution in [0.4, 0.5) is 17.1 Å². The van der Waals surface area contributed by atoms with Crippen molar-refractivity contribution < 1.29 is 83.4 Å². The van der Waals surface area contributed by atoms with Crippen LogP contribution in [-0.2, 0) is 79.8 Å². The molecule has 18 rings (SSSR count). The highest BCUT2D eigenvalue weighted by Crippen LogP contribution is 2.53. The molecule has 0 radical (unpaired) electrons. The van der Waals surface area contributed by atoms with E-state index < -0.39 is 63.5 Å². The average molecular weight is 1890 g/mol. The smallest absolute Gasteiger partial charge is 0.264 e. The van der Waals surface area contributed by atoms with Crippen molar-refractivity contribution in [2.24, 2.45) is 53.3 Å². The number of methoxy groups -OCH3 is 3. The molecule has 3 spiro atoms. The van der Waals surface area contributed by atoms with Crippen LogP contribution in [0.3, 0.4) is 0 Å². The van der Waals surface area contributed by atoms with Gasteiger partial charge in [0.1, 0.15) is 17.2 Å². The van der Waals surface area contributed by atoms with Crippen LogP contribution in [0.25, 0.3) is 0 Å². The van der Waals surface area contributed by atoms with E-state index in [9.17, 15) is 55.0 Å². The lowest BCUT2D eigenvalue weighted by Crippen LogP contribution is -2.49. The number of hydrogen-bond donors (Lipinski definition) is 6. The summed E-state index contributed by atoms with van der Waals surface area (Å²) in [7, 11) is -6.84. The minimum absolute atomic E-state index is 0.145. The molecule has 24 nitrogen and oxygen atoms in total. The summed E-state index contributed by atoms with van der Waals surface area (Å²) in [6.45, 7) is 10.00. The molecule has 6 bridgehead atoms. The third kappa shape index (κ3) is 20.1. The Kier molecular flexibility index (Phi) is 28.9. The highest BCUT2D eigenvalue weighted by molar-refractivity contribution is 7.91. The molecule has 129 heavy (non-hydrogen) atoms. The van der Waals surface area contributed by atoms with Gasteiger partial charge in [-0.3, -0.25) is 14.4 Å². The number of carbonyl (C=O) groups is 3. The Morgan fingerprint density at radius 2 is 0.674 bits per heavy atom. The second-order valence-corrected chi connectivity index (χ2v) is 46.1. The average Bonchev–Trinajstić information content (AvgIpc) is 1.70. The number of rotatable bonds is 6. The van der Waals surface area contributed by atoms with E-state index >= 15 is 0 Å². The summed E-state index contributed by atoms with van der Waals surface area (Å²) >= 11 is 19.2. The first-order chi connectivity index (χ1) is 61.9. The predicted octanol–water partition coefficient (Wildman–Crippen LogP) is 14.6. The topological polar surface area (TPSA) is 316 Å². The van der Waals surface area contributed by atoms with Gasteiger partial charge in [0.05, 0.1) is 70.9 Å². The van der Waals surface area contributed by atoms with Crippen LogP contribution in [0.5, 0.6) is 17.2 Å². The fourth-order valence-electron chi connectivity index (χ4n) is 22.5. The van der Waals surface area contributed by atoms with Crippen molar-refractivity contribution in [3.8, 4) is 17.2 Å². The van der Waals surface area contributed by atoms with Gasteiger partial charge in [0.15, 0.2) is 0 Å². The van der Waals surface area contributed by atoms with Crippen molar-refractivity contribution >= 4 is 99.7 Å². The molecule has 6 heterocycles. The number of anilines is 3. The van der Waals surface area contributed by atoms with Crippen molar-refractivity contribution in [1.29, 1.82) is 0 Å². The van der Waals surface area contributed by atoms with E-state index in [1.165, 1.54) is 33.4 Å². The summed E-state index contributed by atoms with van der Waals surface area (Å²) in [6, 6.07) is 34.2. The van der Waals surface area contributed by atoms with Crippen molar-refractivity contribution in [2.45, 2.75) is 187 Å². The summed E-state index contributed by atoms with van der Waals surface area (Å²) in [5.74, 6) is 0.824. The number of benzene rings is 6. The first-order valence-corrected chi connectivity index (χ1v) is 51.7. The highest BCUT2D eigenvalue weighted by atomic mass is 35.5. The molecule has 0 unspecified atom stereocenters. The summed E-state index contributed by atoms with van der Waals surface area (Å²) in [4.78, 5) is 47.1. The normalized spacial score (nSPS) is 32.8. The van der Waals surface area contributed by atoms with Crippen LogP contribution in [0, 0.1) is 53.3 Å². The number of fused-ring (bicyclic) bond motifs is 12. The molecule has 6 aromatic rings. The van der Waals surface area contributed by atoms with E-state index in [0.717, 1.165) is 148 Å². The van der Waals surface area contributed by atoms with Gasteiger partial charge in [0.25, 0.3) is 17.7 Å². The number of aliphatic hydroxyl groups excluding tert-OH is 3. The van der Waals surface area contributed by atoms with Crippen LogP contribution in [-0.4, -0.2) is 193 Å². The lowest BCUT2D eigenvalue weighted by molar-refractivity contribution is 0.0128. The number of hydrogen-bond acceptors (Lipinski definition) is 21. The van der Waals surface area contributed by atoms with Crippen LogP contribution >= 0.6 is 34.8 Å². The minimum atomic E-state index is -3.99. The molecule has 3 saturated carbocycles. The van der Waals surface area contributed by atoms with E-state index in [1.807, 2.05) is 54.7 Å². The molecule has 12 aliphatic rings. The minimum Gasteiger partial charge on any atom is -0.490 e. The van der Waals surface area contributed by atoms with Gasteiger partial charge in [0.2, 0.25) is 30.1 Å². The van der Waals surface area contributed by atoms with Gasteiger partial charge in [0, 0.05) is 146 Å². The van der Waals surface area contributed by atoms with Gasteiger partial charge in [-0.1, -0.05) is 89.5 Å². The van der Waals surface area contributed by atoms with Crippen LogP contribution < -0.4 is 43.1 Å². The molecule has 6 aliphatic carbocycles. The Morgan fingerprint density at radius 3 is 0.922 bits per heavy atom. The highest BCUT2D eigenvalue weighted by Gasteiger charge is 2.50. The third-order valence-corrected chi connectivity index (χ3v) is 36.3. The van der Waals surface area contributed by atoms with Gasteiger partial charge in [-0.2, -0.15) is 0 Å². The molecule has 0 saturated heterocycles. The molecule has 3 amide bonds. The Labute approximate surface area is 774 Å². The maximum atomic E-state index is 13.4. The van der Waals surface area contributed by atoms with Crippen molar-refractivity contribution in [1.82, 2.24) is 14.2 Å². The Bertz CT molecular complexity index is 5070. The lowest BCUT2D eigenvalue weighted by Gasteiger charge is -2.46. The second kappa shape index (κ2) is 39.4. The second-order valence-electron chi connectivity index (χ2n) is 38.5. The first kappa shape index (κ1) is 94.4. The van der Waals surface area contributed by atoms with E-state index in [0.29, 0.717) is 74.5 Å². The zero-order valence-corrected chi connectivity index (χ0v) is 79.1. The summed E-state index contributed by atoms with van der Waals surface area (Å²) in [5, 5.41) is 29.6. The number of ether oxygens (including phenoxy) is 6. The SMILES string of the molecule is CO[C@H]1/C=C/[C@@H](CO)C[C@@H](C)S(=O)(=O)NC(=O)c2ccc3c(c2)N(C[C@@H]2CC[C@H]21)C[C@@]1(CCCc2cc(Cl)ccc21)CO3.CO[C@H]1/C=C/[C@H](CO)C[C@@H](C)S(=O)(=O)NC(=O)c2ccc3c(c2)N(C[C@@H]2CC[C@H]21)C[C@@]1(CCCc2cc(Cl)ccc21)CO3.CO[C@H]1/C=C/[C@H](CO)C[C@H](C)S(=O)(=O)NC(=O)c2ccc3c(c2)N(C[C@@H]2CC[C@H]21)C[C@@]1(CCCc2cc(Cl)ccc21)CO3. The van der Waals surface area contributed by atoms with Crippen LogP contribution in [0.15, 0.2) is 146 Å². The maximum Gasteiger partial charge on any atom is 0.264 e. The number of nitrogens with zero attached hydrogens (tertiary/aromatic N) is 3. The van der Waals surface area contributed by atoms with Crippen molar-refractivity contribution in [2.75, 3.05) is 115 Å². The van der Waals surface area contributed by atoms with E-state index in [-0.39, 0.29) is 126 Å². The summed E-state index contributed by atoms with van der Waals surface area (Å²) in [6.07, 6.45) is 26.9.